The van der Waals surface area contributed by atoms with E-state index in [4.69, 9.17) is 18.9 Å². The van der Waals surface area contributed by atoms with Crippen molar-refractivity contribution in [1.29, 1.82) is 0 Å². The number of phenols is 1. The number of ether oxygens (including phenoxy) is 4. The summed E-state index contributed by atoms with van der Waals surface area (Å²) in [5.74, 6) is -5.04. The van der Waals surface area contributed by atoms with Crippen LogP contribution in [-0.4, -0.2) is 57.7 Å². The van der Waals surface area contributed by atoms with Crippen molar-refractivity contribution in [2.75, 3.05) is 7.11 Å². The average Bonchev–Trinajstić information content (AvgIpc) is 3.03. The van der Waals surface area contributed by atoms with Crippen molar-refractivity contribution in [3.05, 3.63) is 103 Å². The number of carbonyl (C=O) groups excluding carboxylic acids is 4. The van der Waals surface area contributed by atoms with Gasteiger partial charge in [-0.2, -0.15) is 0 Å². The maximum atomic E-state index is 13.4. The highest BCUT2D eigenvalue weighted by atomic mass is 16.6. The van der Waals surface area contributed by atoms with E-state index in [1.807, 2.05) is 0 Å². The first kappa shape index (κ1) is 37.1. The lowest BCUT2D eigenvalue weighted by Crippen LogP contribution is -2.47. The first-order valence-corrected chi connectivity index (χ1v) is 15.4. The van der Waals surface area contributed by atoms with Gasteiger partial charge in [-0.05, 0) is 131 Å². The van der Waals surface area contributed by atoms with Gasteiger partial charge in [-0.3, -0.25) is 4.79 Å². The normalized spacial score (nSPS) is 15.5. The Labute approximate surface area is 288 Å². The number of aromatic hydroxyl groups is 1. The molecule has 4 rings (SSSR count). The van der Waals surface area contributed by atoms with Gasteiger partial charge < -0.3 is 34.3 Å². The van der Waals surface area contributed by atoms with E-state index in [-0.39, 0.29) is 56.4 Å². The van der Waals surface area contributed by atoms with Gasteiger partial charge in [0.1, 0.15) is 34.3 Å². The highest BCUT2D eigenvalue weighted by Gasteiger charge is 2.48. The minimum atomic E-state index is -2.40. The van der Waals surface area contributed by atoms with Crippen LogP contribution in [0.2, 0.25) is 0 Å². The first-order valence-electron chi connectivity index (χ1n) is 15.4. The highest BCUT2D eigenvalue weighted by Crippen LogP contribution is 2.38. The van der Waals surface area contributed by atoms with Crippen LogP contribution in [0.4, 0.5) is 0 Å². The Morgan fingerprint density at radius 1 is 0.660 bits per heavy atom. The number of rotatable bonds is 8. The molecule has 0 bridgehead atoms. The number of esters is 3. The zero-order valence-electron chi connectivity index (χ0n) is 29.4. The molecule has 3 aromatic rings. The van der Waals surface area contributed by atoms with Crippen molar-refractivity contribution in [2.24, 2.45) is 0 Å². The lowest BCUT2D eigenvalue weighted by atomic mass is 9.87. The zero-order chi connectivity index (χ0) is 37.6. The molecule has 1 aliphatic carbocycles. The fourth-order valence-electron chi connectivity index (χ4n) is 5.83. The number of methoxy groups -OCH3 is 1. The van der Waals surface area contributed by atoms with E-state index in [1.165, 1.54) is 40.0 Å². The molecule has 0 saturated heterocycles. The maximum Gasteiger partial charge on any atom is 0.356 e. The Hall–Kier alpha value is -5.75. The predicted octanol–water partition coefficient (Wildman–Crippen LogP) is 5.69. The summed E-state index contributed by atoms with van der Waals surface area (Å²) in [7, 11) is 1.19. The molecule has 0 aromatic heterocycles. The van der Waals surface area contributed by atoms with E-state index in [1.54, 1.807) is 41.5 Å². The van der Waals surface area contributed by atoms with E-state index in [0.29, 0.717) is 33.4 Å². The molecule has 0 radical (unpaired) electrons. The Balaban J connectivity index is 1.59. The van der Waals surface area contributed by atoms with Gasteiger partial charge in [0, 0.05) is 12.1 Å². The number of hydrogen-bond donors (Lipinski definition) is 3. The third kappa shape index (κ3) is 6.37. The Bertz CT molecular complexity index is 2050. The quantitative estimate of drug-likeness (QED) is 0.195. The number of allylic oxidation sites excluding steroid dienone is 2. The van der Waals surface area contributed by atoms with Crippen LogP contribution in [0.25, 0.3) is 0 Å². The summed E-state index contributed by atoms with van der Waals surface area (Å²) < 4.78 is 22.0. The molecule has 1 atom stereocenters. The summed E-state index contributed by atoms with van der Waals surface area (Å²) in [5.41, 5.74) is 1.07. The van der Waals surface area contributed by atoms with Gasteiger partial charge in [-0.25, -0.2) is 19.2 Å². The summed E-state index contributed by atoms with van der Waals surface area (Å²) in [6.45, 7) is 14.3. The van der Waals surface area contributed by atoms with Gasteiger partial charge in [-0.1, -0.05) is 0 Å². The first-order chi connectivity index (χ1) is 23.3. The van der Waals surface area contributed by atoms with Crippen LogP contribution in [0.3, 0.4) is 0 Å². The monoisotopic (exact) mass is 686 g/mol. The van der Waals surface area contributed by atoms with Crippen molar-refractivity contribution in [1.82, 2.24) is 0 Å². The van der Waals surface area contributed by atoms with Crippen LogP contribution in [-0.2, 0) is 14.3 Å². The molecule has 3 N–H and O–H groups in total. The maximum absolute atomic E-state index is 13.4. The predicted molar refractivity (Wildman–Crippen MR) is 180 cm³/mol. The second kappa shape index (κ2) is 13.6. The Morgan fingerprint density at radius 2 is 1.24 bits per heavy atom. The molecule has 12 nitrogen and oxygen atoms in total. The van der Waals surface area contributed by atoms with Crippen molar-refractivity contribution in [2.45, 2.75) is 67.9 Å². The number of hydrogen-bond acceptors (Lipinski definition) is 11. The van der Waals surface area contributed by atoms with Crippen LogP contribution < -0.4 is 14.2 Å². The minimum Gasteiger partial charge on any atom is -0.507 e. The molecule has 0 saturated carbocycles. The van der Waals surface area contributed by atoms with Gasteiger partial charge in [0.2, 0.25) is 5.60 Å². The summed E-state index contributed by atoms with van der Waals surface area (Å²) in [6.07, 6.45) is 2.04. The van der Waals surface area contributed by atoms with Gasteiger partial charge in [0.25, 0.3) is 0 Å². The van der Waals surface area contributed by atoms with Crippen molar-refractivity contribution in [3.63, 3.8) is 0 Å². The van der Waals surface area contributed by atoms with E-state index >= 15 is 0 Å². The molecule has 0 aliphatic heterocycles. The lowest BCUT2D eigenvalue weighted by molar-refractivity contribution is -0.151. The largest absolute Gasteiger partial charge is 0.507 e. The topological polar surface area (TPSA) is 183 Å². The molecule has 1 aliphatic rings. The Morgan fingerprint density at radius 3 is 1.80 bits per heavy atom. The number of aliphatic hydroxyl groups is 1. The molecule has 0 amide bonds. The fraction of sp³-hybridized carbons (Fsp3) is 0.289. The lowest BCUT2D eigenvalue weighted by Gasteiger charge is -2.30. The molecule has 12 heteroatoms. The smallest absolute Gasteiger partial charge is 0.356 e. The van der Waals surface area contributed by atoms with E-state index in [2.05, 4.69) is 0 Å². The van der Waals surface area contributed by atoms with Crippen LogP contribution in [0.1, 0.15) is 82.5 Å². The molecule has 0 fully saturated rings. The number of phenolic OH excluding ortho intramolecular Hbond substituents is 1. The highest BCUT2D eigenvalue weighted by molar-refractivity contribution is 6.06. The molecule has 3 aromatic carbocycles. The number of ketones is 1. The van der Waals surface area contributed by atoms with Crippen LogP contribution in [0.15, 0.2) is 41.7 Å². The molecular weight excluding hydrogens is 648 g/mol. The molecule has 50 heavy (non-hydrogen) atoms. The van der Waals surface area contributed by atoms with Gasteiger partial charge in [0.05, 0.1) is 18.2 Å². The van der Waals surface area contributed by atoms with E-state index < -0.39 is 41.0 Å². The summed E-state index contributed by atoms with van der Waals surface area (Å²) in [6, 6.07) is 4.02. The molecule has 0 heterocycles. The number of aromatic carboxylic acids is 1. The number of carboxylic acids is 1. The fourth-order valence-corrected chi connectivity index (χ4v) is 5.83. The third-order valence-electron chi connectivity index (χ3n) is 9.22. The van der Waals surface area contributed by atoms with E-state index in [9.17, 15) is 39.3 Å². The van der Waals surface area contributed by atoms with Gasteiger partial charge in [0.15, 0.2) is 5.78 Å². The summed E-state index contributed by atoms with van der Waals surface area (Å²) >= 11 is 0. The van der Waals surface area contributed by atoms with Gasteiger partial charge >= 0.3 is 23.9 Å². The second-order valence-electron chi connectivity index (χ2n) is 12.3. The summed E-state index contributed by atoms with van der Waals surface area (Å²) in [5, 5.41) is 31.7. The minimum absolute atomic E-state index is 0.0274. The van der Waals surface area contributed by atoms with E-state index in [0.717, 1.165) is 18.2 Å². The molecule has 0 unspecified atom stereocenters. The molecular formula is C38H38O12. The van der Waals surface area contributed by atoms with Crippen LogP contribution in [0.5, 0.6) is 23.0 Å². The average molecular weight is 687 g/mol. The van der Waals surface area contributed by atoms with Crippen LogP contribution >= 0.6 is 0 Å². The SMILES string of the molecule is COC1=CC(=O)C=C(C)[C@]1(O)C(=O)Oc1cc(O)c(C(=O)Oc2cc(C)c(C(=O)Oc3c(C)c(C)c(C(=O)O)c(C)c3C)cc2C)c(C)c1C. The number of carbonyl (C=O) groups is 5. The Kier molecular flexibility index (Phi) is 10.1. The molecule has 262 valence electrons. The molecule has 0 spiro atoms. The van der Waals surface area contributed by atoms with Gasteiger partial charge in [-0.15, -0.1) is 0 Å². The standard InChI is InChI=1S/C38H38O12/c1-16-12-28(17(2)11-26(16)35(43)50-33-23(8)21(6)31(34(41)42)22(7)24(33)9)48-36(44)32-20(5)19(4)29(15-27(32)40)49-37(45)38(46)18(3)13-25(39)14-30(38)47-10/h11-15,40,46H,1-10H3,(H,41,42)/t38-/m1/s1. The summed E-state index contributed by atoms with van der Waals surface area (Å²) in [4.78, 5) is 63.6. The van der Waals surface area contributed by atoms with Crippen molar-refractivity contribution in [3.8, 4) is 23.0 Å². The third-order valence-corrected chi connectivity index (χ3v) is 9.22. The van der Waals surface area contributed by atoms with Crippen molar-refractivity contribution >= 4 is 29.7 Å². The number of aryl methyl sites for hydroxylation is 2. The van der Waals surface area contributed by atoms with Crippen LogP contribution in [0, 0.1) is 55.4 Å². The zero-order valence-corrected chi connectivity index (χ0v) is 29.4. The van der Waals surface area contributed by atoms with Crippen molar-refractivity contribution < 1.29 is 58.2 Å². The number of carboxylic acid groups (broad SMARTS) is 1. The second-order valence-corrected chi connectivity index (χ2v) is 12.3. The number of benzene rings is 3.